The molecule has 1 fully saturated rings. The molecule has 2 rings (SSSR count). The summed E-state index contributed by atoms with van der Waals surface area (Å²) in [4.78, 5) is 38.7. The van der Waals surface area contributed by atoms with Crippen molar-refractivity contribution in [3.05, 3.63) is 16.0 Å². The van der Waals surface area contributed by atoms with Crippen molar-refractivity contribution in [3.8, 4) is 0 Å². The average molecular weight is 381 g/mol. The fourth-order valence-electron chi connectivity index (χ4n) is 3.58. The molecule has 2 amide bonds. The van der Waals surface area contributed by atoms with Crippen molar-refractivity contribution in [2.45, 2.75) is 34.1 Å². The van der Waals surface area contributed by atoms with Crippen LogP contribution in [-0.4, -0.2) is 48.9 Å². The van der Waals surface area contributed by atoms with Crippen LogP contribution in [0.3, 0.4) is 0 Å². The van der Waals surface area contributed by atoms with Crippen LogP contribution in [0, 0.1) is 18.8 Å². The molecule has 144 valence electrons. The Hall–Kier alpha value is -1.93. The largest absolute Gasteiger partial charge is 0.462 e. The van der Waals surface area contributed by atoms with E-state index in [4.69, 9.17) is 10.5 Å². The molecule has 7 nitrogen and oxygen atoms in total. The molecule has 8 heteroatoms. The van der Waals surface area contributed by atoms with Crippen molar-refractivity contribution >= 4 is 34.1 Å². The molecule has 2 heterocycles. The molecule has 0 unspecified atom stereocenters. The van der Waals surface area contributed by atoms with Crippen molar-refractivity contribution in [2.24, 2.45) is 17.6 Å². The quantitative estimate of drug-likeness (QED) is 0.736. The van der Waals surface area contributed by atoms with Gasteiger partial charge in [-0.05, 0) is 37.7 Å². The lowest BCUT2D eigenvalue weighted by Crippen LogP contribution is -2.42. The molecular formula is C18H27N3O4S. The molecule has 1 saturated heterocycles. The number of nitrogens with zero attached hydrogens (tertiary/aromatic N) is 1. The summed E-state index contributed by atoms with van der Waals surface area (Å²) in [6, 6.07) is 0. The Morgan fingerprint density at radius 1 is 1.27 bits per heavy atom. The zero-order valence-corrected chi connectivity index (χ0v) is 16.6. The van der Waals surface area contributed by atoms with Crippen LogP contribution in [0.25, 0.3) is 0 Å². The predicted molar refractivity (Wildman–Crippen MR) is 102 cm³/mol. The van der Waals surface area contributed by atoms with E-state index in [1.54, 1.807) is 13.8 Å². The van der Waals surface area contributed by atoms with Gasteiger partial charge in [-0.25, -0.2) is 4.79 Å². The Morgan fingerprint density at radius 3 is 2.42 bits per heavy atom. The molecule has 0 spiro atoms. The number of ether oxygens (including phenoxy) is 1. The van der Waals surface area contributed by atoms with E-state index in [0.29, 0.717) is 22.4 Å². The van der Waals surface area contributed by atoms with Gasteiger partial charge in [0.15, 0.2) is 0 Å². The molecule has 0 radical (unpaired) electrons. The summed E-state index contributed by atoms with van der Waals surface area (Å²) in [5.41, 5.74) is 6.03. The maximum absolute atomic E-state index is 12.5. The molecule has 0 bridgehead atoms. The first-order valence-corrected chi connectivity index (χ1v) is 9.67. The van der Waals surface area contributed by atoms with Crippen LogP contribution >= 0.6 is 11.3 Å². The Labute approximate surface area is 157 Å². The minimum absolute atomic E-state index is 0.205. The number of carbonyl (C=O) groups excluding carboxylic acids is 3. The minimum atomic E-state index is -0.628. The summed E-state index contributed by atoms with van der Waals surface area (Å²) in [5, 5.41) is 3.09. The third-order valence-electron chi connectivity index (χ3n) is 4.41. The molecular weight excluding hydrogens is 354 g/mol. The Balaban J connectivity index is 2.16. The van der Waals surface area contributed by atoms with E-state index in [0.717, 1.165) is 30.8 Å². The van der Waals surface area contributed by atoms with Gasteiger partial charge in [0.05, 0.1) is 23.6 Å². The fraction of sp³-hybridized carbons (Fsp3) is 0.611. The molecule has 1 aromatic heterocycles. The lowest BCUT2D eigenvalue weighted by atomic mass is 9.92. The summed E-state index contributed by atoms with van der Waals surface area (Å²) in [6.07, 6.45) is 1.16. The summed E-state index contributed by atoms with van der Waals surface area (Å²) in [6.45, 7) is 9.90. The maximum atomic E-state index is 12.5. The summed E-state index contributed by atoms with van der Waals surface area (Å²) in [7, 11) is 0. The van der Waals surface area contributed by atoms with Crippen LogP contribution < -0.4 is 11.1 Å². The van der Waals surface area contributed by atoms with Crippen molar-refractivity contribution in [1.82, 2.24) is 4.90 Å². The number of piperidine rings is 1. The predicted octanol–water partition coefficient (Wildman–Crippen LogP) is 2.25. The fourth-order valence-corrected chi connectivity index (χ4v) is 4.64. The van der Waals surface area contributed by atoms with Gasteiger partial charge in [0.25, 0.3) is 5.91 Å². The van der Waals surface area contributed by atoms with Gasteiger partial charge in [0.2, 0.25) is 5.91 Å². The molecule has 0 aromatic carbocycles. The van der Waals surface area contributed by atoms with Crippen LogP contribution in [0.4, 0.5) is 5.00 Å². The molecule has 1 aromatic rings. The number of primary amides is 1. The smallest absolute Gasteiger partial charge is 0.341 e. The Morgan fingerprint density at radius 2 is 1.88 bits per heavy atom. The van der Waals surface area contributed by atoms with Gasteiger partial charge in [-0.3, -0.25) is 14.5 Å². The summed E-state index contributed by atoms with van der Waals surface area (Å²) in [5.74, 6) is -0.310. The first-order chi connectivity index (χ1) is 12.2. The lowest BCUT2D eigenvalue weighted by molar-refractivity contribution is -0.117. The molecule has 0 aliphatic carbocycles. The second-order valence-electron chi connectivity index (χ2n) is 7.03. The molecule has 26 heavy (non-hydrogen) atoms. The van der Waals surface area contributed by atoms with E-state index in [1.165, 1.54) is 0 Å². The number of rotatable bonds is 6. The highest BCUT2D eigenvalue weighted by Gasteiger charge is 2.27. The van der Waals surface area contributed by atoms with E-state index in [2.05, 4.69) is 24.1 Å². The van der Waals surface area contributed by atoms with Crippen molar-refractivity contribution in [2.75, 3.05) is 31.6 Å². The van der Waals surface area contributed by atoms with Crippen LogP contribution in [-0.2, 0) is 9.53 Å². The number of amides is 2. The number of anilines is 1. The van der Waals surface area contributed by atoms with Crippen molar-refractivity contribution in [3.63, 3.8) is 0 Å². The van der Waals surface area contributed by atoms with Crippen molar-refractivity contribution < 1.29 is 19.1 Å². The van der Waals surface area contributed by atoms with Gasteiger partial charge in [-0.2, -0.15) is 0 Å². The van der Waals surface area contributed by atoms with E-state index >= 15 is 0 Å². The standard InChI is InChI=1S/C18H27N3O4S/c1-5-25-18(24)14-12(4)15(16(19)23)26-17(14)20-13(22)9-21-7-10(2)6-11(3)8-21/h10-11H,5-9H2,1-4H3,(H2,19,23)(H,20,22)/t10-,11-/m0/s1. The third-order valence-corrected chi connectivity index (χ3v) is 5.64. The normalized spacial score (nSPS) is 20.6. The summed E-state index contributed by atoms with van der Waals surface area (Å²) < 4.78 is 5.06. The molecule has 1 aliphatic heterocycles. The molecule has 1 aliphatic rings. The maximum Gasteiger partial charge on any atom is 0.341 e. The number of esters is 1. The number of likely N-dealkylation sites (tertiary alicyclic amines) is 1. The second-order valence-corrected chi connectivity index (χ2v) is 8.05. The zero-order chi connectivity index (χ0) is 19.4. The Kier molecular flexibility index (Phi) is 6.77. The molecule has 2 atom stereocenters. The lowest BCUT2D eigenvalue weighted by Gasteiger charge is -2.34. The van der Waals surface area contributed by atoms with Crippen LogP contribution in [0.1, 0.15) is 52.8 Å². The summed E-state index contributed by atoms with van der Waals surface area (Å²) >= 11 is 1.01. The minimum Gasteiger partial charge on any atom is -0.462 e. The number of thiophene rings is 1. The zero-order valence-electron chi connectivity index (χ0n) is 15.8. The number of nitrogens with one attached hydrogen (secondary N) is 1. The second kappa shape index (κ2) is 8.64. The SMILES string of the molecule is CCOC(=O)c1c(NC(=O)CN2C[C@@H](C)C[C@H](C)C2)sc(C(N)=O)c1C. The van der Waals surface area contributed by atoms with Gasteiger partial charge >= 0.3 is 5.97 Å². The average Bonchev–Trinajstić information content (AvgIpc) is 2.82. The number of nitrogens with two attached hydrogens (primary N) is 1. The van der Waals surface area contributed by atoms with Crippen molar-refractivity contribution in [1.29, 1.82) is 0 Å². The van der Waals surface area contributed by atoms with E-state index in [-0.39, 0.29) is 29.5 Å². The van der Waals surface area contributed by atoms with Gasteiger partial charge in [-0.15, -0.1) is 11.3 Å². The van der Waals surface area contributed by atoms with Gasteiger partial charge < -0.3 is 15.8 Å². The third kappa shape index (κ3) is 4.82. The molecule has 3 N–H and O–H groups in total. The van der Waals surface area contributed by atoms with E-state index in [1.807, 2.05) is 0 Å². The number of carbonyl (C=O) groups is 3. The first-order valence-electron chi connectivity index (χ1n) is 8.85. The highest BCUT2D eigenvalue weighted by molar-refractivity contribution is 7.18. The number of hydrogen-bond donors (Lipinski definition) is 2. The highest BCUT2D eigenvalue weighted by atomic mass is 32.1. The highest BCUT2D eigenvalue weighted by Crippen LogP contribution is 2.33. The molecule has 0 saturated carbocycles. The van der Waals surface area contributed by atoms with Gasteiger partial charge in [-0.1, -0.05) is 13.8 Å². The van der Waals surface area contributed by atoms with Gasteiger partial charge in [0.1, 0.15) is 5.00 Å². The van der Waals surface area contributed by atoms with Crippen LogP contribution in [0.2, 0.25) is 0 Å². The van der Waals surface area contributed by atoms with Crippen LogP contribution in [0.5, 0.6) is 0 Å². The topological polar surface area (TPSA) is 102 Å². The Bertz CT molecular complexity index is 691. The first kappa shape index (κ1) is 20.4. The van der Waals surface area contributed by atoms with E-state index < -0.39 is 11.9 Å². The monoisotopic (exact) mass is 381 g/mol. The van der Waals surface area contributed by atoms with Crippen LogP contribution in [0.15, 0.2) is 0 Å². The van der Waals surface area contributed by atoms with E-state index in [9.17, 15) is 14.4 Å². The number of hydrogen-bond acceptors (Lipinski definition) is 6. The van der Waals surface area contributed by atoms with Gasteiger partial charge in [0, 0.05) is 13.1 Å².